The smallest absolute Gasteiger partial charge is 0.213 e. The van der Waals surface area contributed by atoms with E-state index >= 15 is 0 Å². The highest BCUT2D eigenvalue weighted by molar-refractivity contribution is 5.77. The first-order valence-corrected chi connectivity index (χ1v) is 5.10. The Kier molecular flexibility index (Phi) is 3.32. The minimum Gasteiger partial charge on any atom is -0.481 e. The highest BCUT2D eigenvalue weighted by Gasteiger charge is 2.12. The SMILES string of the molecule is COc1cc(-c2ccc(C=O)cc2F)c(F)cn1. The third kappa shape index (κ3) is 2.20. The number of hydrogen-bond acceptors (Lipinski definition) is 3. The van der Waals surface area contributed by atoms with Crippen molar-refractivity contribution in [3.05, 3.63) is 47.7 Å². The van der Waals surface area contributed by atoms with E-state index in [1.807, 2.05) is 0 Å². The molecule has 1 aromatic heterocycles. The van der Waals surface area contributed by atoms with E-state index in [1.165, 1.54) is 25.3 Å². The molecular weight excluding hydrogens is 240 g/mol. The molecule has 0 aliphatic carbocycles. The van der Waals surface area contributed by atoms with Crippen LogP contribution in [0.3, 0.4) is 0 Å². The number of rotatable bonds is 3. The molecule has 0 atom stereocenters. The van der Waals surface area contributed by atoms with Crippen molar-refractivity contribution >= 4 is 6.29 Å². The molecule has 0 N–H and O–H groups in total. The maximum Gasteiger partial charge on any atom is 0.213 e. The Labute approximate surface area is 102 Å². The van der Waals surface area contributed by atoms with E-state index in [0.29, 0.717) is 6.29 Å². The summed E-state index contributed by atoms with van der Waals surface area (Å²) in [6, 6.07) is 5.11. The zero-order chi connectivity index (χ0) is 13.1. The lowest BCUT2D eigenvalue weighted by atomic mass is 10.0. The van der Waals surface area contributed by atoms with Gasteiger partial charge in [-0.1, -0.05) is 12.1 Å². The van der Waals surface area contributed by atoms with Crippen LogP contribution in [0.2, 0.25) is 0 Å². The summed E-state index contributed by atoms with van der Waals surface area (Å²) < 4.78 is 32.2. The van der Waals surface area contributed by atoms with Crippen LogP contribution in [-0.4, -0.2) is 18.4 Å². The second-order valence-corrected chi connectivity index (χ2v) is 3.56. The second kappa shape index (κ2) is 4.91. The fourth-order valence-electron chi connectivity index (χ4n) is 1.56. The highest BCUT2D eigenvalue weighted by atomic mass is 19.1. The maximum absolute atomic E-state index is 13.8. The lowest BCUT2D eigenvalue weighted by Gasteiger charge is -2.07. The molecule has 0 saturated carbocycles. The molecule has 3 nitrogen and oxygen atoms in total. The van der Waals surface area contributed by atoms with Crippen LogP contribution in [0.5, 0.6) is 5.88 Å². The number of halogens is 2. The predicted molar refractivity (Wildman–Crippen MR) is 61.5 cm³/mol. The summed E-state index contributed by atoms with van der Waals surface area (Å²) >= 11 is 0. The van der Waals surface area contributed by atoms with Gasteiger partial charge in [0.2, 0.25) is 5.88 Å². The van der Waals surface area contributed by atoms with Crippen LogP contribution in [0.15, 0.2) is 30.5 Å². The Morgan fingerprint density at radius 3 is 2.56 bits per heavy atom. The molecule has 0 aliphatic rings. The van der Waals surface area contributed by atoms with Gasteiger partial charge < -0.3 is 4.74 Å². The number of carbonyl (C=O) groups is 1. The molecule has 0 aliphatic heterocycles. The van der Waals surface area contributed by atoms with Crippen LogP contribution < -0.4 is 4.74 Å². The number of nitrogens with zero attached hydrogens (tertiary/aromatic N) is 1. The Balaban J connectivity index is 2.57. The van der Waals surface area contributed by atoms with Crippen LogP contribution in [0.1, 0.15) is 10.4 Å². The summed E-state index contributed by atoms with van der Waals surface area (Å²) in [6.45, 7) is 0. The molecule has 0 spiro atoms. The lowest BCUT2D eigenvalue weighted by molar-refractivity contribution is 0.112. The lowest BCUT2D eigenvalue weighted by Crippen LogP contribution is -1.94. The summed E-state index contributed by atoms with van der Waals surface area (Å²) in [5, 5.41) is 0. The number of ether oxygens (including phenoxy) is 1. The Morgan fingerprint density at radius 2 is 1.94 bits per heavy atom. The van der Waals surface area contributed by atoms with Gasteiger partial charge in [-0.25, -0.2) is 13.8 Å². The van der Waals surface area contributed by atoms with Crippen LogP contribution in [0.25, 0.3) is 11.1 Å². The van der Waals surface area contributed by atoms with E-state index in [0.717, 1.165) is 12.3 Å². The van der Waals surface area contributed by atoms with Crippen LogP contribution >= 0.6 is 0 Å². The topological polar surface area (TPSA) is 39.2 Å². The molecule has 1 aromatic carbocycles. The summed E-state index contributed by atoms with van der Waals surface area (Å²) in [6.07, 6.45) is 1.48. The zero-order valence-corrected chi connectivity index (χ0v) is 9.48. The summed E-state index contributed by atoms with van der Waals surface area (Å²) in [5.74, 6) is -1.15. The number of hydrogen-bond donors (Lipinski definition) is 0. The molecule has 92 valence electrons. The fraction of sp³-hybridized carbons (Fsp3) is 0.0769. The Hall–Kier alpha value is -2.30. The van der Waals surface area contributed by atoms with Crippen molar-refractivity contribution in [1.82, 2.24) is 4.98 Å². The number of aldehydes is 1. The van der Waals surface area contributed by atoms with Crippen LogP contribution in [0, 0.1) is 11.6 Å². The molecule has 0 amide bonds. The van der Waals surface area contributed by atoms with Gasteiger partial charge in [-0.05, 0) is 6.07 Å². The van der Waals surface area contributed by atoms with Gasteiger partial charge in [0.25, 0.3) is 0 Å². The number of carbonyl (C=O) groups excluding carboxylic acids is 1. The Morgan fingerprint density at radius 1 is 1.17 bits per heavy atom. The molecule has 5 heteroatoms. The van der Waals surface area contributed by atoms with Gasteiger partial charge in [0.1, 0.15) is 17.9 Å². The molecule has 18 heavy (non-hydrogen) atoms. The van der Waals surface area contributed by atoms with Crippen molar-refractivity contribution in [2.45, 2.75) is 0 Å². The van der Waals surface area contributed by atoms with Gasteiger partial charge >= 0.3 is 0 Å². The number of aromatic nitrogens is 1. The van der Waals surface area contributed by atoms with Crippen molar-refractivity contribution in [1.29, 1.82) is 0 Å². The van der Waals surface area contributed by atoms with Crippen molar-refractivity contribution in [2.75, 3.05) is 7.11 Å². The largest absolute Gasteiger partial charge is 0.481 e. The van der Waals surface area contributed by atoms with Gasteiger partial charge in [-0.3, -0.25) is 4.79 Å². The first-order valence-electron chi connectivity index (χ1n) is 5.10. The van der Waals surface area contributed by atoms with Gasteiger partial charge in [0, 0.05) is 22.8 Å². The van der Waals surface area contributed by atoms with Crippen molar-refractivity contribution in [2.24, 2.45) is 0 Å². The van der Waals surface area contributed by atoms with E-state index in [9.17, 15) is 13.6 Å². The van der Waals surface area contributed by atoms with Crippen molar-refractivity contribution in [3.63, 3.8) is 0 Å². The van der Waals surface area contributed by atoms with E-state index in [4.69, 9.17) is 4.74 Å². The standard InChI is InChI=1S/C13H9F2NO2/c1-18-13-5-10(12(15)6-16-13)9-3-2-8(7-17)4-11(9)14/h2-7H,1H3. The zero-order valence-electron chi connectivity index (χ0n) is 9.48. The van der Waals surface area contributed by atoms with E-state index in [-0.39, 0.29) is 22.6 Å². The van der Waals surface area contributed by atoms with E-state index < -0.39 is 11.6 Å². The van der Waals surface area contributed by atoms with Crippen LogP contribution in [-0.2, 0) is 0 Å². The molecule has 1 heterocycles. The average molecular weight is 249 g/mol. The molecular formula is C13H9F2NO2. The molecule has 0 unspecified atom stereocenters. The molecule has 0 radical (unpaired) electrons. The monoisotopic (exact) mass is 249 g/mol. The number of methoxy groups -OCH3 is 1. The summed E-state index contributed by atoms with van der Waals surface area (Å²) in [5.41, 5.74) is 0.285. The highest BCUT2D eigenvalue weighted by Crippen LogP contribution is 2.28. The molecule has 0 bridgehead atoms. The molecule has 2 aromatic rings. The third-order valence-electron chi connectivity index (χ3n) is 2.46. The molecule has 0 saturated heterocycles. The first kappa shape index (κ1) is 12.2. The summed E-state index contributed by atoms with van der Waals surface area (Å²) in [7, 11) is 1.38. The van der Waals surface area contributed by atoms with E-state index in [1.54, 1.807) is 0 Å². The normalized spacial score (nSPS) is 10.2. The molecule has 2 rings (SSSR count). The fourth-order valence-corrected chi connectivity index (χ4v) is 1.56. The Bertz CT molecular complexity index is 600. The predicted octanol–water partition coefficient (Wildman–Crippen LogP) is 2.85. The third-order valence-corrected chi connectivity index (χ3v) is 2.46. The van der Waals surface area contributed by atoms with Crippen molar-refractivity contribution in [3.8, 4) is 17.0 Å². The van der Waals surface area contributed by atoms with Crippen molar-refractivity contribution < 1.29 is 18.3 Å². The second-order valence-electron chi connectivity index (χ2n) is 3.56. The summed E-state index contributed by atoms with van der Waals surface area (Å²) in [4.78, 5) is 14.2. The van der Waals surface area contributed by atoms with Gasteiger partial charge in [0.05, 0.1) is 13.3 Å². The number of benzene rings is 1. The number of pyridine rings is 1. The van der Waals surface area contributed by atoms with E-state index in [2.05, 4.69) is 4.98 Å². The minimum absolute atomic E-state index is 0.0387. The minimum atomic E-state index is -0.674. The maximum atomic E-state index is 13.8. The van der Waals surface area contributed by atoms with Gasteiger partial charge in [-0.15, -0.1) is 0 Å². The average Bonchev–Trinajstić information content (AvgIpc) is 2.39. The first-order chi connectivity index (χ1) is 8.65. The molecule has 0 fully saturated rings. The van der Waals surface area contributed by atoms with Gasteiger partial charge in [0.15, 0.2) is 0 Å². The van der Waals surface area contributed by atoms with Crippen LogP contribution in [0.4, 0.5) is 8.78 Å². The van der Waals surface area contributed by atoms with Gasteiger partial charge in [-0.2, -0.15) is 0 Å². The quantitative estimate of drug-likeness (QED) is 0.785.